The Labute approximate surface area is 95.9 Å². The van der Waals surface area contributed by atoms with Gasteiger partial charge in [-0.3, -0.25) is 9.59 Å². The number of hydrogen-bond donors (Lipinski definition) is 0. The molecule has 0 aromatic carbocycles. The lowest BCUT2D eigenvalue weighted by atomic mass is 10.1. The summed E-state index contributed by atoms with van der Waals surface area (Å²) in [6.07, 6.45) is 2.78. The fourth-order valence-corrected chi connectivity index (χ4v) is 2.58. The normalized spacial score (nSPS) is 31.5. The molecule has 1 saturated carbocycles. The summed E-state index contributed by atoms with van der Waals surface area (Å²) in [6.45, 7) is 5.77. The lowest BCUT2D eigenvalue weighted by Crippen LogP contribution is -2.36. The van der Waals surface area contributed by atoms with Gasteiger partial charge in [-0.05, 0) is 19.8 Å². The maximum absolute atomic E-state index is 12.1. The van der Waals surface area contributed by atoms with Gasteiger partial charge in [-0.1, -0.05) is 13.3 Å². The average Bonchev–Trinajstić information content (AvgIpc) is 2.93. The maximum Gasteiger partial charge on any atom is 0.322 e. The van der Waals surface area contributed by atoms with Crippen LogP contribution in [0.5, 0.6) is 0 Å². The molecule has 0 aromatic heterocycles. The molecule has 2 rings (SSSR count). The second-order valence-electron chi connectivity index (χ2n) is 4.70. The summed E-state index contributed by atoms with van der Waals surface area (Å²) in [6, 6.07) is 0. The smallest absolute Gasteiger partial charge is 0.322 e. The van der Waals surface area contributed by atoms with Crippen molar-refractivity contribution in [3.05, 3.63) is 0 Å². The third-order valence-electron chi connectivity index (χ3n) is 3.64. The van der Waals surface area contributed by atoms with E-state index in [2.05, 4.69) is 6.92 Å². The zero-order valence-corrected chi connectivity index (χ0v) is 9.99. The summed E-state index contributed by atoms with van der Waals surface area (Å²) in [7, 11) is 0. The highest BCUT2D eigenvalue weighted by Crippen LogP contribution is 2.59. The van der Waals surface area contributed by atoms with Crippen molar-refractivity contribution in [2.75, 3.05) is 19.7 Å². The molecule has 4 nitrogen and oxygen atoms in total. The summed E-state index contributed by atoms with van der Waals surface area (Å²) >= 11 is 0. The first-order valence-corrected chi connectivity index (χ1v) is 6.13. The molecule has 4 heteroatoms. The molecular weight excluding hydrogens is 206 g/mol. The molecular formula is C12H19NO3. The van der Waals surface area contributed by atoms with Crippen LogP contribution < -0.4 is 0 Å². The Morgan fingerprint density at radius 1 is 1.56 bits per heavy atom. The highest BCUT2D eigenvalue weighted by atomic mass is 16.5. The van der Waals surface area contributed by atoms with Crippen LogP contribution in [0, 0.1) is 11.3 Å². The molecule has 90 valence electrons. The SMILES string of the molecule is CCCCN1C[C@@H]2C[C@]2(C(=O)OCC)C1=O. The van der Waals surface area contributed by atoms with E-state index in [4.69, 9.17) is 4.74 Å². The number of likely N-dealkylation sites (tertiary alicyclic amines) is 1. The largest absolute Gasteiger partial charge is 0.465 e. The average molecular weight is 225 g/mol. The number of carbonyl (C=O) groups is 2. The Balaban J connectivity index is 2.00. The second kappa shape index (κ2) is 4.07. The summed E-state index contributed by atoms with van der Waals surface area (Å²) in [5, 5.41) is 0. The molecule has 0 spiro atoms. The van der Waals surface area contributed by atoms with Crippen molar-refractivity contribution >= 4 is 11.9 Å². The third kappa shape index (κ3) is 1.51. The van der Waals surface area contributed by atoms with E-state index in [9.17, 15) is 9.59 Å². The van der Waals surface area contributed by atoms with E-state index in [1.807, 2.05) is 4.90 Å². The Hall–Kier alpha value is -1.06. The summed E-state index contributed by atoms with van der Waals surface area (Å²) < 4.78 is 5.01. The number of fused-ring (bicyclic) bond motifs is 1. The van der Waals surface area contributed by atoms with E-state index in [-0.39, 0.29) is 17.8 Å². The van der Waals surface area contributed by atoms with Crippen molar-refractivity contribution in [3.8, 4) is 0 Å². The molecule has 1 aliphatic heterocycles. The Kier molecular flexibility index (Phi) is 2.91. The summed E-state index contributed by atoms with van der Waals surface area (Å²) in [5.74, 6) is -0.0793. The van der Waals surface area contributed by atoms with Crippen LogP contribution in [0.4, 0.5) is 0 Å². The van der Waals surface area contributed by atoms with Crippen molar-refractivity contribution < 1.29 is 14.3 Å². The molecule has 1 aliphatic carbocycles. The predicted molar refractivity (Wildman–Crippen MR) is 58.7 cm³/mol. The highest BCUT2D eigenvalue weighted by Gasteiger charge is 2.72. The van der Waals surface area contributed by atoms with E-state index < -0.39 is 5.41 Å². The van der Waals surface area contributed by atoms with Gasteiger partial charge >= 0.3 is 5.97 Å². The fourth-order valence-electron chi connectivity index (χ4n) is 2.58. The number of ether oxygens (including phenoxy) is 1. The molecule has 1 saturated heterocycles. The molecule has 0 N–H and O–H groups in total. The molecule has 0 aromatic rings. The molecule has 0 unspecified atom stereocenters. The van der Waals surface area contributed by atoms with Crippen LogP contribution >= 0.6 is 0 Å². The van der Waals surface area contributed by atoms with Crippen LogP contribution in [0.25, 0.3) is 0 Å². The molecule has 2 aliphatic rings. The molecule has 1 heterocycles. The van der Waals surface area contributed by atoms with Gasteiger partial charge in [0.05, 0.1) is 6.61 Å². The van der Waals surface area contributed by atoms with Crippen LogP contribution in [0.2, 0.25) is 0 Å². The topological polar surface area (TPSA) is 46.6 Å². The molecule has 16 heavy (non-hydrogen) atoms. The van der Waals surface area contributed by atoms with Crippen molar-refractivity contribution in [1.29, 1.82) is 0 Å². The number of piperidine rings is 1. The van der Waals surface area contributed by atoms with Gasteiger partial charge in [-0.2, -0.15) is 0 Å². The van der Waals surface area contributed by atoms with Gasteiger partial charge in [0.2, 0.25) is 5.91 Å². The standard InChI is InChI=1S/C12H19NO3/c1-3-5-6-13-8-9-7-12(9,10(13)14)11(15)16-4-2/h9H,3-8H2,1-2H3/t9-,12+/m0/s1. The minimum Gasteiger partial charge on any atom is -0.465 e. The minimum atomic E-state index is -0.774. The van der Waals surface area contributed by atoms with E-state index in [0.29, 0.717) is 13.0 Å². The number of unbranched alkanes of at least 4 members (excludes halogenated alkanes) is 1. The Bertz CT molecular complexity index is 315. The molecule has 0 bridgehead atoms. The third-order valence-corrected chi connectivity index (χ3v) is 3.64. The number of esters is 1. The molecule has 2 atom stereocenters. The van der Waals surface area contributed by atoms with Crippen molar-refractivity contribution in [2.24, 2.45) is 11.3 Å². The second-order valence-corrected chi connectivity index (χ2v) is 4.70. The van der Waals surface area contributed by atoms with Crippen LogP contribution in [0.3, 0.4) is 0 Å². The van der Waals surface area contributed by atoms with E-state index >= 15 is 0 Å². The minimum absolute atomic E-state index is 0.00407. The monoisotopic (exact) mass is 225 g/mol. The van der Waals surface area contributed by atoms with Gasteiger partial charge in [0.1, 0.15) is 0 Å². The van der Waals surface area contributed by atoms with Crippen LogP contribution in [0.15, 0.2) is 0 Å². The number of nitrogens with zero attached hydrogens (tertiary/aromatic N) is 1. The number of carbonyl (C=O) groups excluding carboxylic acids is 2. The zero-order valence-electron chi connectivity index (χ0n) is 9.99. The Morgan fingerprint density at radius 2 is 2.31 bits per heavy atom. The van der Waals surface area contributed by atoms with Gasteiger partial charge in [0.25, 0.3) is 0 Å². The number of rotatable bonds is 5. The lowest BCUT2D eigenvalue weighted by molar-refractivity contribution is -0.155. The molecule has 2 fully saturated rings. The number of hydrogen-bond acceptors (Lipinski definition) is 3. The first kappa shape index (κ1) is 11.4. The molecule has 0 radical (unpaired) electrons. The molecule has 1 amide bonds. The van der Waals surface area contributed by atoms with Crippen molar-refractivity contribution in [3.63, 3.8) is 0 Å². The number of amides is 1. The van der Waals surface area contributed by atoms with Crippen LogP contribution in [-0.2, 0) is 14.3 Å². The van der Waals surface area contributed by atoms with Crippen LogP contribution in [0.1, 0.15) is 33.1 Å². The lowest BCUT2D eigenvalue weighted by Gasteiger charge is -2.19. The van der Waals surface area contributed by atoms with Crippen molar-refractivity contribution in [2.45, 2.75) is 33.1 Å². The van der Waals surface area contributed by atoms with Gasteiger partial charge in [-0.25, -0.2) is 0 Å². The predicted octanol–water partition coefficient (Wildman–Crippen LogP) is 1.20. The Morgan fingerprint density at radius 3 is 2.94 bits per heavy atom. The maximum atomic E-state index is 12.1. The van der Waals surface area contributed by atoms with E-state index in [0.717, 1.165) is 25.9 Å². The quantitative estimate of drug-likeness (QED) is 0.521. The van der Waals surface area contributed by atoms with E-state index in [1.54, 1.807) is 6.92 Å². The first-order chi connectivity index (χ1) is 7.66. The first-order valence-electron chi connectivity index (χ1n) is 6.13. The summed E-state index contributed by atoms with van der Waals surface area (Å²) in [5.41, 5.74) is -0.774. The van der Waals surface area contributed by atoms with E-state index in [1.165, 1.54) is 0 Å². The van der Waals surface area contributed by atoms with Crippen molar-refractivity contribution in [1.82, 2.24) is 4.90 Å². The van der Waals surface area contributed by atoms with Gasteiger partial charge in [0, 0.05) is 19.0 Å². The van der Waals surface area contributed by atoms with Gasteiger partial charge in [0.15, 0.2) is 5.41 Å². The zero-order chi connectivity index (χ0) is 11.8. The fraction of sp³-hybridized carbons (Fsp3) is 0.833. The van der Waals surface area contributed by atoms with Gasteiger partial charge in [-0.15, -0.1) is 0 Å². The summed E-state index contributed by atoms with van der Waals surface area (Å²) in [4.78, 5) is 25.7. The highest BCUT2D eigenvalue weighted by molar-refractivity contribution is 6.08. The van der Waals surface area contributed by atoms with Gasteiger partial charge < -0.3 is 9.64 Å². The van der Waals surface area contributed by atoms with Crippen LogP contribution in [-0.4, -0.2) is 36.5 Å².